The first-order valence-electron chi connectivity index (χ1n) is 7.07. The summed E-state index contributed by atoms with van der Waals surface area (Å²) in [6.07, 6.45) is 3.54. The molecular formula is C17H16ClN3OS. The van der Waals surface area contributed by atoms with Crippen molar-refractivity contribution in [2.75, 3.05) is 12.4 Å². The zero-order valence-electron chi connectivity index (χ0n) is 13.1. The van der Waals surface area contributed by atoms with Gasteiger partial charge in [-0.05, 0) is 43.7 Å². The molecule has 3 rings (SSSR count). The fraction of sp³-hybridized carbons (Fsp3) is 0.176. The molecule has 0 spiro atoms. The number of thiazole rings is 1. The maximum absolute atomic E-state index is 6.22. The van der Waals surface area contributed by atoms with E-state index >= 15 is 0 Å². The third-order valence-electron chi connectivity index (χ3n) is 3.47. The summed E-state index contributed by atoms with van der Waals surface area (Å²) < 4.78 is 5.42. The van der Waals surface area contributed by atoms with Crippen molar-refractivity contribution >= 4 is 33.8 Å². The number of aromatic nitrogens is 2. The van der Waals surface area contributed by atoms with Crippen molar-refractivity contribution in [2.24, 2.45) is 0 Å². The fourth-order valence-electron chi connectivity index (χ4n) is 2.26. The number of benzene rings is 1. The van der Waals surface area contributed by atoms with Crippen LogP contribution in [0.4, 0.5) is 10.8 Å². The van der Waals surface area contributed by atoms with Crippen LogP contribution in [-0.2, 0) is 0 Å². The minimum Gasteiger partial charge on any atom is -0.495 e. The number of hydrogen-bond acceptors (Lipinski definition) is 5. The number of rotatable bonds is 4. The van der Waals surface area contributed by atoms with Crippen LogP contribution in [0.3, 0.4) is 0 Å². The summed E-state index contributed by atoms with van der Waals surface area (Å²) in [7, 11) is 1.64. The van der Waals surface area contributed by atoms with Gasteiger partial charge in [0.15, 0.2) is 5.13 Å². The Morgan fingerprint density at radius 1 is 1.17 bits per heavy atom. The van der Waals surface area contributed by atoms with Gasteiger partial charge in [-0.25, -0.2) is 4.98 Å². The van der Waals surface area contributed by atoms with Gasteiger partial charge in [0.25, 0.3) is 0 Å². The summed E-state index contributed by atoms with van der Waals surface area (Å²) in [4.78, 5) is 9.86. The van der Waals surface area contributed by atoms with Crippen molar-refractivity contribution in [3.05, 3.63) is 52.1 Å². The number of methoxy groups -OCH3 is 1. The van der Waals surface area contributed by atoms with Crippen LogP contribution in [0.15, 0.2) is 36.7 Å². The van der Waals surface area contributed by atoms with Gasteiger partial charge >= 0.3 is 0 Å². The van der Waals surface area contributed by atoms with E-state index in [0.717, 1.165) is 38.3 Å². The maximum atomic E-state index is 6.22. The fourth-order valence-corrected chi connectivity index (χ4v) is 3.28. The first-order valence-corrected chi connectivity index (χ1v) is 8.27. The monoisotopic (exact) mass is 345 g/mol. The normalized spacial score (nSPS) is 10.6. The first kappa shape index (κ1) is 15.8. The molecule has 1 N–H and O–H groups in total. The van der Waals surface area contributed by atoms with E-state index in [2.05, 4.69) is 22.2 Å². The second kappa shape index (κ2) is 6.56. The average molecular weight is 346 g/mol. The van der Waals surface area contributed by atoms with Gasteiger partial charge in [-0.15, -0.1) is 11.3 Å². The number of pyridine rings is 1. The van der Waals surface area contributed by atoms with Gasteiger partial charge in [-0.3, -0.25) is 4.98 Å². The Morgan fingerprint density at radius 3 is 2.61 bits per heavy atom. The predicted molar refractivity (Wildman–Crippen MR) is 96.1 cm³/mol. The van der Waals surface area contributed by atoms with E-state index in [4.69, 9.17) is 16.3 Å². The molecule has 0 radical (unpaired) electrons. The van der Waals surface area contributed by atoms with Crippen LogP contribution < -0.4 is 10.1 Å². The number of hydrogen-bond donors (Lipinski definition) is 1. The highest BCUT2D eigenvalue weighted by molar-refractivity contribution is 7.16. The van der Waals surface area contributed by atoms with E-state index in [1.54, 1.807) is 30.8 Å². The molecule has 0 saturated heterocycles. The highest BCUT2D eigenvalue weighted by Gasteiger charge is 2.13. The lowest BCUT2D eigenvalue weighted by molar-refractivity contribution is 0.416. The third-order valence-corrected chi connectivity index (χ3v) is 4.77. The quantitative estimate of drug-likeness (QED) is 0.703. The molecule has 23 heavy (non-hydrogen) atoms. The molecule has 2 heterocycles. The van der Waals surface area contributed by atoms with Gasteiger partial charge in [0.05, 0.1) is 18.5 Å². The molecule has 4 nitrogen and oxygen atoms in total. The molecular weight excluding hydrogens is 330 g/mol. The molecule has 0 aliphatic heterocycles. The van der Waals surface area contributed by atoms with Crippen molar-refractivity contribution < 1.29 is 4.74 Å². The van der Waals surface area contributed by atoms with E-state index in [0.29, 0.717) is 5.02 Å². The van der Waals surface area contributed by atoms with Crippen molar-refractivity contribution in [1.29, 1.82) is 0 Å². The Labute approximate surface area is 144 Å². The van der Waals surface area contributed by atoms with Crippen LogP contribution >= 0.6 is 22.9 Å². The van der Waals surface area contributed by atoms with Gasteiger partial charge in [0.1, 0.15) is 5.75 Å². The molecule has 1 aromatic carbocycles. The lowest BCUT2D eigenvalue weighted by Gasteiger charge is -2.11. The van der Waals surface area contributed by atoms with Gasteiger partial charge < -0.3 is 10.1 Å². The maximum Gasteiger partial charge on any atom is 0.188 e. The van der Waals surface area contributed by atoms with Crippen LogP contribution in [0.1, 0.15) is 10.4 Å². The van der Waals surface area contributed by atoms with Crippen molar-refractivity contribution in [1.82, 2.24) is 9.97 Å². The third kappa shape index (κ3) is 3.30. The molecule has 0 amide bonds. The number of nitrogens with zero attached hydrogens (tertiary/aromatic N) is 2. The van der Waals surface area contributed by atoms with Crippen molar-refractivity contribution in [3.63, 3.8) is 0 Å². The second-order valence-electron chi connectivity index (χ2n) is 5.09. The largest absolute Gasteiger partial charge is 0.495 e. The summed E-state index contributed by atoms with van der Waals surface area (Å²) in [6, 6.07) is 7.68. The van der Waals surface area contributed by atoms with Crippen molar-refractivity contribution in [3.8, 4) is 17.0 Å². The SMILES string of the molecule is COc1cc(C)c(Cl)cc1Nc1nc(-c2ccncc2)c(C)s1. The number of anilines is 2. The molecule has 0 aliphatic carbocycles. The molecule has 0 unspecified atom stereocenters. The van der Waals surface area contributed by atoms with Crippen LogP contribution in [0, 0.1) is 13.8 Å². The minimum absolute atomic E-state index is 0.691. The number of nitrogens with one attached hydrogen (secondary N) is 1. The molecule has 0 bridgehead atoms. The number of halogens is 1. The van der Waals surface area contributed by atoms with Crippen LogP contribution in [0.2, 0.25) is 5.02 Å². The topological polar surface area (TPSA) is 47.0 Å². The highest BCUT2D eigenvalue weighted by Crippen LogP contribution is 2.36. The molecule has 0 atom stereocenters. The first-order chi connectivity index (χ1) is 11.1. The van der Waals surface area contributed by atoms with E-state index in [9.17, 15) is 0 Å². The van der Waals surface area contributed by atoms with E-state index in [-0.39, 0.29) is 0 Å². The zero-order chi connectivity index (χ0) is 16.4. The molecule has 3 aromatic rings. The average Bonchev–Trinajstić information content (AvgIpc) is 2.92. The molecule has 0 saturated carbocycles. The molecule has 0 fully saturated rings. The van der Waals surface area contributed by atoms with Crippen molar-refractivity contribution in [2.45, 2.75) is 13.8 Å². The van der Waals surface area contributed by atoms with Gasteiger partial charge in [-0.1, -0.05) is 11.6 Å². The number of ether oxygens (including phenoxy) is 1. The standard InChI is InChI=1S/C17H16ClN3OS/c1-10-8-15(22-3)14(9-13(10)18)20-17-21-16(11(2)23-17)12-4-6-19-7-5-12/h4-9H,1-3H3,(H,20,21). The Morgan fingerprint density at radius 2 is 1.91 bits per heavy atom. The van der Waals surface area contributed by atoms with E-state index < -0.39 is 0 Å². The Kier molecular flexibility index (Phi) is 4.50. The molecule has 2 aromatic heterocycles. The Hall–Kier alpha value is -2.11. The van der Waals surface area contributed by atoms with E-state index in [1.807, 2.05) is 31.2 Å². The van der Waals surface area contributed by atoms with Crippen LogP contribution in [-0.4, -0.2) is 17.1 Å². The van der Waals surface area contributed by atoms with Gasteiger partial charge in [0, 0.05) is 27.9 Å². The summed E-state index contributed by atoms with van der Waals surface area (Å²) in [5.41, 5.74) is 3.78. The molecule has 0 aliphatic rings. The Bertz CT molecular complexity index is 833. The number of aryl methyl sites for hydroxylation is 2. The molecule has 6 heteroatoms. The van der Waals surface area contributed by atoms with Gasteiger partial charge in [0.2, 0.25) is 0 Å². The lowest BCUT2D eigenvalue weighted by Crippen LogP contribution is -1.95. The lowest BCUT2D eigenvalue weighted by atomic mass is 10.2. The van der Waals surface area contributed by atoms with Gasteiger partial charge in [-0.2, -0.15) is 0 Å². The minimum atomic E-state index is 0.691. The predicted octanol–water partition coefficient (Wildman–Crippen LogP) is 5.23. The summed E-state index contributed by atoms with van der Waals surface area (Å²) in [5.74, 6) is 0.741. The Balaban J connectivity index is 1.95. The smallest absolute Gasteiger partial charge is 0.188 e. The summed E-state index contributed by atoms with van der Waals surface area (Å²) >= 11 is 7.81. The second-order valence-corrected chi connectivity index (χ2v) is 6.70. The summed E-state index contributed by atoms with van der Waals surface area (Å²) in [6.45, 7) is 4.00. The van der Waals surface area contributed by atoms with E-state index in [1.165, 1.54) is 0 Å². The highest BCUT2D eigenvalue weighted by atomic mass is 35.5. The zero-order valence-corrected chi connectivity index (χ0v) is 14.6. The summed E-state index contributed by atoms with van der Waals surface area (Å²) in [5, 5.41) is 4.79. The van der Waals surface area contributed by atoms with Crippen LogP contribution in [0.5, 0.6) is 5.75 Å². The molecule has 118 valence electrons. The van der Waals surface area contributed by atoms with Crippen LogP contribution in [0.25, 0.3) is 11.3 Å².